The number of phenolic OH excluding ortho intramolecular Hbond substituents is 1. The molecule has 18 heavy (non-hydrogen) atoms. The monoisotopic (exact) mass is 250 g/mol. The zero-order valence-corrected chi connectivity index (χ0v) is 10.4. The predicted octanol–water partition coefficient (Wildman–Crippen LogP) is 1.25. The third-order valence-corrected chi connectivity index (χ3v) is 2.50. The fourth-order valence-electron chi connectivity index (χ4n) is 1.54. The van der Waals surface area contributed by atoms with Crippen molar-refractivity contribution in [3.05, 3.63) is 36.4 Å². The molecule has 0 aromatic heterocycles. The van der Waals surface area contributed by atoms with Crippen LogP contribution in [0.2, 0.25) is 0 Å². The fourth-order valence-corrected chi connectivity index (χ4v) is 1.54. The van der Waals surface area contributed by atoms with Crippen LogP contribution in [0.25, 0.3) is 0 Å². The van der Waals surface area contributed by atoms with E-state index in [-0.39, 0.29) is 22.9 Å². The van der Waals surface area contributed by atoms with Crippen LogP contribution < -0.4 is 5.73 Å². The Morgan fingerprint density at radius 3 is 2.94 bits per heavy atom. The molecule has 0 aliphatic rings. The number of para-hydroxylation sites is 1. The summed E-state index contributed by atoms with van der Waals surface area (Å²) >= 11 is 0. The first kappa shape index (κ1) is 14.1. The van der Waals surface area contributed by atoms with E-state index >= 15 is 0 Å². The molecule has 1 rings (SSSR count). The molecule has 5 nitrogen and oxygen atoms in total. The highest BCUT2D eigenvalue weighted by atomic mass is 16.5. The molecule has 98 valence electrons. The van der Waals surface area contributed by atoms with Crippen LogP contribution in [-0.2, 0) is 4.74 Å². The maximum Gasteiger partial charge on any atom is 0.258 e. The Labute approximate surface area is 106 Å². The van der Waals surface area contributed by atoms with Gasteiger partial charge in [-0.15, -0.1) is 6.58 Å². The topological polar surface area (TPSA) is 75.8 Å². The number of benzene rings is 1. The number of amides is 1. The molecular formula is C13H18N2O3. The summed E-state index contributed by atoms with van der Waals surface area (Å²) in [7, 11) is 1.56. The van der Waals surface area contributed by atoms with Crippen molar-refractivity contribution in [2.75, 3.05) is 32.5 Å². The lowest BCUT2D eigenvalue weighted by Gasteiger charge is -2.21. The molecule has 0 bridgehead atoms. The van der Waals surface area contributed by atoms with Crippen LogP contribution in [0.4, 0.5) is 5.69 Å². The van der Waals surface area contributed by atoms with Crippen LogP contribution in [0.15, 0.2) is 30.9 Å². The molecule has 0 spiro atoms. The minimum Gasteiger partial charge on any atom is -0.505 e. The van der Waals surface area contributed by atoms with Crippen molar-refractivity contribution in [2.24, 2.45) is 0 Å². The quantitative estimate of drug-likeness (QED) is 0.452. The van der Waals surface area contributed by atoms with E-state index in [1.54, 1.807) is 25.3 Å². The number of phenols is 1. The van der Waals surface area contributed by atoms with Gasteiger partial charge in [0.1, 0.15) is 0 Å². The lowest BCUT2D eigenvalue weighted by molar-refractivity contribution is 0.0715. The van der Waals surface area contributed by atoms with Gasteiger partial charge in [-0.25, -0.2) is 0 Å². The van der Waals surface area contributed by atoms with Crippen LogP contribution in [0.5, 0.6) is 5.75 Å². The second kappa shape index (κ2) is 6.66. The lowest BCUT2D eigenvalue weighted by atomic mass is 10.1. The molecule has 0 aliphatic carbocycles. The SMILES string of the molecule is C=CCN(CCOC)C(=O)c1cccc(N)c1O. The van der Waals surface area contributed by atoms with E-state index in [1.807, 2.05) is 0 Å². The zero-order valence-electron chi connectivity index (χ0n) is 10.4. The first-order chi connectivity index (χ1) is 8.61. The number of nitrogens with zero attached hydrogens (tertiary/aromatic N) is 1. The molecule has 0 heterocycles. The molecule has 1 aromatic carbocycles. The lowest BCUT2D eigenvalue weighted by Crippen LogP contribution is -2.34. The van der Waals surface area contributed by atoms with Gasteiger partial charge in [0.25, 0.3) is 5.91 Å². The van der Waals surface area contributed by atoms with E-state index in [0.717, 1.165) is 0 Å². The molecule has 0 unspecified atom stereocenters. The van der Waals surface area contributed by atoms with Crippen molar-refractivity contribution in [3.63, 3.8) is 0 Å². The summed E-state index contributed by atoms with van der Waals surface area (Å²) in [6.07, 6.45) is 1.62. The van der Waals surface area contributed by atoms with Gasteiger partial charge in [0.15, 0.2) is 5.75 Å². The minimum absolute atomic E-state index is 0.186. The summed E-state index contributed by atoms with van der Waals surface area (Å²) in [6.45, 7) is 4.83. The number of nitrogen functional groups attached to an aromatic ring is 1. The van der Waals surface area contributed by atoms with Crippen LogP contribution in [-0.4, -0.2) is 42.7 Å². The molecule has 1 amide bonds. The number of aromatic hydroxyl groups is 1. The number of nitrogens with two attached hydrogens (primary N) is 1. The highest BCUT2D eigenvalue weighted by Gasteiger charge is 2.18. The van der Waals surface area contributed by atoms with Gasteiger partial charge in [-0.05, 0) is 12.1 Å². The Morgan fingerprint density at radius 2 is 2.33 bits per heavy atom. The molecule has 0 atom stereocenters. The third-order valence-electron chi connectivity index (χ3n) is 2.50. The van der Waals surface area contributed by atoms with E-state index in [1.165, 1.54) is 11.0 Å². The Balaban J connectivity index is 2.94. The number of methoxy groups -OCH3 is 1. The number of anilines is 1. The highest BCUT2D eigenvalue weighted by Crippen LogP contribution is 2.25. The normalized spacial score (nSPS) is 10.1. The van der Waals surface area contributed by atoms with Crippen LogP contribution >= 0.6 is 0 Å². The van der Waals surface area contributed by atoms with E-state index in [4.69, 9.17) is 10.5 Å². The molecule has 0 radical (unpaired) electrons. The van der Waals surface area contributed by atoms with Crippen molar-refractivity contribution in [1.29, 1.82) is 0 Å². The summed E-state index contributed by atoms with van der Waals surface area (Å²) in [5.74, 6) is -0.481. The number of carbonyl (C=O) groups is 1. The van der Waals surface area contributed by atoms with Gasteiger partial charge < -0.3 is 20.5 Å². The summed E-state index contributed by atoms with van der Waals surface area (Å²) in [5, 5.41) is 9.78. The number of carbonyl (C=O) groups excluding carboxylic acids is 1. The number of hydrogen-bond acceptors (Lipinski definition) is 4. The first-order valence-electron chi connectivity index (χ1n) is 5.58. The van der Waals surface area contributed by atoms with Gasteiger partial charge in [0.05, 0.1) is 17.9 Å². The van der Waals surface area contributed by atoms with Gasteiger partial charge in [-0.3, -0.25) is 4.79 Å². The van der Waals surface area contributed by atoms with Gasteiger partial charge in [0, 0.05) is 20.2 Å². The summed E-state index contributed by atoms with van der Waals surface area (Å²) < 4.78 is 4.94. The highest BCUT2D eigenvalue weighted by molar-refractivity contribution is 5.98. The largest absolute Gasteiger partial charge is 0.505 e. The van der Waals surface area contributed by atoms with Crippen molar-refractivity contribution >= 4 is 11.6 Å². The summed E-state index contributed by atoms with van der Waals surface area (Å²) in [6, 6.07) is 4.71. The molecule has 0 aliphatic heterocycles. The van der Waals surface area contributed by atoms with Crippen molar-refractivity contribution < 1.29 is 14.6 Å². The zero-order chi connectivity index (χ0) is 13.5. The van der Waals surface area contributed by atoms with Gasteiger partial charge in [0.2, 0.25) is 0 Å². The first-order valence-corrected chi connectivity index (χ1v) is 5.58. The maximum atomic E-state index is 12.2. The Bertz CT molecular complexity index is 432. The van der Waals surface area contributed by atoms with Crippen molar-refractivity contribution in [1.82, 2.24) is 4.90 Å². The molecule has 0 saturated carbocycles. The summed E-state index contributed by atoms with van der Waals surface area (Å²) in [5.41, 5.74) is 5.94. The fraction of sp³-hybridized carbons (Fsp3) is 0.308. The van der Waals surface area contributed by atoms with E-state index in [0.29, 0.717) is 19.7 Å². The summed E-state index contributed by atoms with van der Waals surface area (Å²) in [4.78, 5) is 13.8. The van der Waals surface area contributed by atoms with Crippen LogP contribution in [0.1, 0.15) is 10.4 Å². The smallest absolute Gasteiger partial charge is 0.258 e. The number of hydrogen-bond donors (Lipinski definition) is 2. The van der Waals surface area contributed by atoms with Crippen molar-refractivity contribution in [3.8, 4) is 5.75 Å². The van der Waals surface area contributed by atoms with Crippen molar-refractivity contribution in [2.45, 2.75) is 0 Å². The Kier molecular flexibility index (Phi) is 5.20. The van der Waals surface area contributed by atoms with E-state index in [2.05, 4.69) is 6.58 Å². The average Bonchev–Trinajstić information content (AvgIpc) is 2.37. The second-order valence-corrected chi connectivity index (χ2v) is 3.78. The van der Waals surface area contributed by atoms with Crippen LogP contribution in [0, 0.1) is 0 Å². The minimum atomic E-state index is -0.295. The van der Waals surface area contributed by atoms with E-state index < -0.39 is 0 Å². The number of ether oxygens (including phenoxy) is 1. The van der Waals surface area contributed by atoms with Gasteiger partial charge in [-0.1, -0.05) is 12.1 Å². The molecular weight excluding hydrogens is 232 g/mol. The standard InChI is InChI=1S/C13H18N2O3/c1-3-7-15(8-9-18-2)13(17)10-5-4-6-11(14)12(10)16/h3-6,16H,1,7-9,14H2,2H3. The number of rotatable bonds is 6. The van der Waals surface area contributed by atoms with Gasteiger partial charge >= 0.3 is 0 Å². The van der Waals surface area contributed by atoms with E-state index in [9.17, 15) is 9.90 Å². The molecule has 0 fully saturated rings. The second-order valence-electron chi connectivity index (χ2n) is 3.78. The maximum absolute atomic E-state index is 12.2. The average molecular weight is 250 g/mol. The molecule has 1 aromatic rings. The Hall–Kier alpha value is -2.01. The van der Waals surface area contributed by atoms with Crippen LogP contribution in [0.3, 0.4) is 0 Å². The molecule has 5 heteroatoms. The molecule has 0 saturated heterocycles. The van der Waals surface area contributed by atoms with Gasteiger partial charge in [-0.2, -0.15) is 0 Å². The molecule has 3 N–H and O–H groups in total. The third kappa shape index (κ3) is 3.24. The predicted molar refractivity (Wildman–Crippen MR) is 70.5 cm³/mol. The Morgan fingerprint density at radius 1 is 1.61 bits per heavy atom.